The smallest absolute Gasteiger partial charge is 0.298 e. The second-order valence-corrected chi connectivity index (χ2v) is 11.0. The van der Waals surface area contributed by atoms with Crippen molar-refractivity contribution in [3.05, 3.63) is 42.7 Å². The Morgan fingerprint density at radius 2 is 1.81 bits per heavy atom. The first-order valence-electron chi connectivity index (χ1n) is 12.3. The van der Waals surface area contributed by atoms with Gasteiger partial charge in [-0.25, -0.2) is 9.97 Å². The molecular weight excluding hydrogens is 468 g/mol. The molecule has 1 fully saturated rings. The van der Waals surface area contributed by atoms with Gasteiger partial charge in [0.15, 0.2) is 0 Å². The van der Waals surface area contributed by atoms with Crippen molar-refractivity contribution in [3.8, 4) is 28.3 Å². The summed E-state index contributed by atoms with van der Waals surface area (Å²) in [6.45, 7) is 9.29. The van der Waals surface area contributed by atoms with Crippen LogP contribution in [-0.2, 0) is 11.8 Å². The van der Waals surface area contributed by atoms with Crippen LogP contribution in [0.4, 0.5) is 5.95 Å². The van der Waals surface area contributed by atoms with Crippen LogP contribution in [0.1, 0.15) is 40.5 Å². The molecule has 0 unspecified atom stereocenters. The number of benzene rings is 1. The maximum Gasteiger partial charge on any atom is 0.298 e. The zero-order chi connectivity index (χ0) is 26.4. The molecule has 0 spiro atoms. The topological polar surface area (TPSA) is 111 Å². The fraction of sp³-hybridized carbons (Fsp3) is 0.407. The normalized spacial score (nSPS) is 17.0. The minimum atomic E-state index is 0.00721. The predicted molar refractivity (Wildman–Crippen MR) is 142 cm³/mol. The molecule has 1 N–H and O–H groups in total. The Balaban J connectivity index is 1.42. The van der Waals surface area contributed by atoms with Crippen molar-refractivity contribution >= 4 is 23.5 Å². The van der Waals surface area contributed by atoms with E-state index in [4.69, 9.17) is 4.74 Å². The van der Waals surface area contributed by atoms with Gasteiger partial charge in [0, 0.05) is 42.3 Å². The summed E-state index contributed by atoms with van der Waals surface area (Å²) in [4.78, 5) is 22.7. The lowest BCUT2D eigenvalue weighted by Crippen LogP contribution is -2.62. The molecule has 192 valence electrons. The Morgan fingerprint density at radius 3 is 2.49 bits per heavy atom. The first kappa shape index (κ1) is 24.8. The Bertz CT molecular complexity index is 1430. The van der Waals surface area contributed by atoms with Gasteiger partial charge in [-0.15, -0.1) is 10.2 Å². The van der Waals surface area contributed by atoms with Crippen LogP contribution >= 0.6 is 0 Å². The van der Waals surface area contributed by atoms with Crippen LogP contribution in [0.2, 0.25) is 0 Å². The van der Waals surface area contributed by atoms with E-state index >= 15 is 0 Å². The van der Waals surface area contributed by atoms with Crippen molar-refractivity contribution in [1.29, 1.82) is 0 Å². The van der Waals surface area contributed by atoms with E-state index in [1.54, 1.807) is 23.1 Å². The number of hydrogen-bond acceptors (Lipinski definition) is 9. The summed E-state index contributed by atoms with van der Waals surface area (Å²) in [6, 6.07) is 9.69. The Hall–Kier alpha value is -3.92. The lowest BCUT2D eigenvalue weighted by molar-refractivity contribution is -0.120. The Kier molecular flexibility index (Phi) is 6.15. The van der Waals surface area contributed by atoms with Crippen molar-refractivity contribution in [2.45, 2.75) is 57.7 Å². The van der Waals surface area contributed by atoms with Crippen molar-refractivity contribution < 1.29 is 9.53 Å². The van der Waals surface area contributed by atoms with Crippen molar-refractivity contribution in [2.24, 2.45) is 7.05 Å². The molecule has 0 bridgehead atoms. The number of nitrogens with zero attached hydrogens (tertiary/aromatic N) is 7. The molecule has 0 saturated carbocycles. The third-order valence-electron chi connectivity index (χ3n) is 6.91. The van der Waals surface area contributed by atoms with Crippen LogP contribution in [0.15, 0.2) is 42.7 Å². The summed E-state index contributed by atoms with van der Waals surface area (Å²) in [6.07, 6.45) is 5.33. The molecular formula is C27H32N8O2. The molecule has 10 nitrogen and oxygen atoms in total. The van der Waals surface area contributed by atoms with Gasteiger partial charge >= 0.3 is 0 Å². The average molecular weight is 501 g/mol. The fourth-order valence-corrected chi connectivity index (χ4v) is 5.50. The second kappa shape index (κ2) is 9.19. The maximum absolute atomic E-state index is 11.3. The molecule has 1 aliphatic rings. The number of pyridine rings is 1. The number of piperidine rings is 1. The van der Waals surface area contributed by atoms with Gasteiger partial charge < -0.3 is 15.0 Å². The fourth-order valence-electron chi connectivity index (χ4n) is 5.50. The minimum absolute atomic E-state index is 0.00721. The van der Waals surface area contributed by atoms with Crippen molar-refractivity contribution in [1.82, 2.24) is 35.3 Å². The number of nitrogens with one attached hydrogen (secondary N) is 1. The van der Waals surface area contributed by atoms with Gasteiger partial charge in [-0.3, -0.25) is 9.48 Å². The summed E-state index contributed by atoms with van der Waals surface area (Å²) in [5.41, 5.74) is 4.43. The number of carbonyl (C=O) groups is 1. The summed E-state index contributed by atoms with van der Waals surface area (Å²) >= 11 is 0. The van der Waals surface area contributed by atoms with Crippen LogP contribution in [0.3, 0.4) is 0 Å². The van der Waals surface area contributed by atoms with E-state index in [-0.39, 0.29) is 17.1 Å². The van der Waals surface area contributed by atoms with Crippen LogP contribution in [-0.4, -0.2) is 60.6 Å². The third-order valence-corrected chi connectivity index (χ3v) is 6.91. The van der Waals surface area contributed by atoms with Gasteiger partial charge in [0.1, 0.15) is 17.0 Å². The zero-order valence-electron chi connectivity index (χ0n) is 22.1. The molecule has 1 aliphatic heterocycles. The monoisotopic (exact) mass is 500 g/mol. The van der Waals surface area contributed by atoms with E-state index in [0.29, 0.717) is 29.4 Å². The number of aryl methyl sites for hydroxylation is 1. The van der Waals surface area contributed by atoms with Crippen LogP contribution in [0.25, 0.3) is 33.5 Å². The molecule has 37 heavy (non-hydrogen) atoms. The molecule has 0 aliphatic carbocycles. The molecule has 4 heterocycles. The number of anilines is 1. The van der Waals surface area contributed by atoms with Gasteiger partial charge in [-0.2, -0.15) is 5.10 Å². The van der Waals surface area contributed by atoms with E-state index in [2.05, 4.69) is 63.2 Å². The van der Waals surface area contributed by atoms with Crippen LogP contribution < -0.4 is 15.0 Å². The van der Waals surface area contributed by atoms with Crippen molar-refractivity contribution in [3.63, 3.8) is 0 Å². The quantitative estimate of drug-likeness (QED) is 0.396. The first-order valence-corrected chi connectivity index (χ1v) is 12.3. The van der Waals surface area contributed by atoms with E-state index < -0.39 is 0 Å². The van der Waals surface area contributed by atoms with Crippen molar-refractivity contribution in [2.75, 3.05) is 11.9 Å². The molecule has 1 aromatic carbocycles. The minimum Gasteiger partial charge on any atom is -0.428 e. The Labute approximate surface area is 216 Å². The number of hydrogen-bond donors (Lipinski definition) is 1. The molecule has 4 aromatic rings. The Morgan fingerprint density at radius 1 is 1.05 bits per heavy atom. The number of rotatable bonds is 6. The van der Waals surface area contributed by atoms with Gasteiger partial charge in [-0.1, -0.05) is 6.07 Å². The highest BCUT2D eigenvalue weighted by molar-refractivity contribution is 5.80. The maximum atomic E-state index is 11.3. The standard InChI is InChI=1S/C27H32N8O2/c1-26(2)12-18(13-27(3,4)33-26)34(5)25-28-14-21(31-32-25)19-8-7-17(11-24(19)37-16-36)20-9-10-23-22(30-20)15-29-35(23)6/h7-11,14-16,18,33H,12-13H2,1-6H3. The summed E-state index contributed by atoms with van der Waals surface area (Å²) in [7, 11) is 3.89. The highest BCUT2D eigenvalue weighted by Gasteiger charge is 2.39. The largest absolute Gasteiger partial charge is 0.428 e. The molecule has 0 radical (unpaired) electrons. The molecule has 5 rings (SSSR count). The lowest BCUT2D eigenvalue weighted by Gasteiger charge is -2.48. The van der Waals surface area contributed by atoms with Crippen LogP contribution in [0, 0.1) is 0 Å². The second-order valence-electron chi connectivity index (χ2n) is 11.0. The summed E-state index contributed by atoms with van der Waals surface area (Å²) < 4.78 is 7.10. The SMILES string of the molecule is CN(c1ncc(-c2ccc(-c3ccc4c(cnn4C)n3)cc2OC=O)nn1)C1CC(C)(C)NC(C)(C)C1. The van der Waals surface area contributed by atoms with E-state index in [0.717, 1.165) is 35.1 Å². The summed E-state index contributed by atoms with van der Waals surface area (Å²) in [5.74, 6) is 0.922. The summed E-state index contributed by atoms with van der Waals surface area (Å²) in [5, 5.41) is 16.8. The highest BCUT2D eigenvalue weighted by atomic mass is 16.5. The molecule has 0 amide bonds. The molecule has 3 aromatic heterocycles. The van der Waals surface area contributed by atoms with Crippen LogP contribution in [0.5, 0.6) is 5.75 Å². The predicted octanol–water partition coefficient (Wildman–Crippen LogP) is 3.77. The number of ether oxygens (including phenoxy) is 1. The lowest BCUT2D eigenvalue weighted by atomic mass is 9.79. The molecule has 0 atom stereocenters. The average Bonchev–Trinajstić information content (AvgIpc) is 3.22. The molecule has 1 saturated heterocycles. The highest BCUT2D eigenvalue weighted by Crippen LogP contribution is 2.34. The number of aromatic nitrogens is 6. The van der Waals surface area contributed by atoms with E-state index in [1.165, 1.54) is 0 Å². The van der Waals surface area contributed by atoms with Gasteiger partial charge in [0.25, 0.3) is 6.47 Å². The van der Waals surface area contributed by atoms with Gasteiger partial charge in [0.05, 0.1) is 23.6 Å². The van der Waals surface area contributed by atoms with Gasteiger partial charge in [-0.05, 0) is 64.8 Å². The molecule has 10 heteroatoms. The number of carbonyl (C=O) groups excluding carboxylic acids is 1. The zero-order valence-corrected chi connectivity index (χ0v) is 22.1. The van der Waals surface area contributed by atoms with E-state index in [1.807, 2.05) is 38.4 Å². The first-order chi connectivity index (χ1) is 17.5. The third kappa shape index (κ3) is 5.01. The van der Waals surface area contributed by atoms with Gasteiger partial charge in [0.2, 0.25) is 5.95 Å². The number of fused-ring (bicyclic) bond motifs is 1. The van der Waals surface area contributed by atoms with E-state index in [9.17, 15) is 4.79 Å².